The van der Waals surface area contributed by atoms with Crippen molar-refractivity contribution in [3.63, 3.8) is 0 Å². The van der Waals surface area contributed by atoms with E-state index in [0.29, 0.717) is 17.3 Å². The number of rotatable bonds is 13. The summed E-state index contributed by atoms with van der Waals surface area (Å²) < 4.78 is 30.1. The number of anilines is 1. The Labute approximate surface area is 279 Å². The van der Waals surface area contributed by atoms with E-state index in [9.17, 15) is 18.0 Å². The van der Waals surface area contributed by atoms with Gasteiger partial charge in [-0.15, -0.1) is 0 Å². The molecule has 2 amide bonds. The number of halogens is 2. The molecule has 0 radical (unpaired) electrons. The lowest BCUT2D eigenvalue weighted by Crippen LogP contribution is -2.53. The van der Waals surface area contributed by atoms with Gasteiger partial charge in [-0.2, -0.15) is 0 Å². The predicted octanol–water partition coefficient (Wildman–Crippen LogP) is 7.02. The summed E-state index contributed by atoms with van der Waals surface area (Å²) in [4.78, 5) is 29.8. The number of carbonyl (C=O) groups is 2. The van der Waals surface area contributed by atoms with Crippen molar-refractivity contribution in [2.45, 2.75) is 44.7 Å². The van der Waals surface area contributed by atoms with E-state index in [1.165, 1.54) is 17.0 Å². The zero-order valence-corrected chi connectivity index (χ0v) is 28.6. The monoisotopic (exact) mass is 709 g/mol. The standard InChI is InChI=1S/C35H37BrClN3O4S/c1-25(2)22-38-35(42)33(21-27-7-5-4-6-8-27)39(23-28-11-15-30(37)16-12-28)34(41)24-40(31-17-13-29(36)14-18-31)45(43,44)32-19-9-26(3)10-20-32/h4-20,25,33H,21-24H2,1-3H3,(H,38,42)/t33-/m0/s1. The summed E-state index contributed by atoms with van der Waals surface area (Å²) in [5.74, 6) is -0.644. The van der Waals surface area contributed by atoms with E-state index in [0.717, 1.165) is 25.5 Å². The van der Waals surface area contributed by atoms with Crippen molar-refractivity contribution in [1.82, 2.24) is 10.2 Å². The molecule has 1 N–H and O–H groups in total. The summed E-state index contributed by atoms with van der Waals surface area (Å²) in [7, 11) is -4.16. The van der Waals surface area contributed by atoms with Crippen molar-refractivity contribution >= 4 is 55.1 Å². The molecule has 4 aromatic rings. The SMILES string of the molecule is Cc1ccc(S(=O)(=O)N(CC(=O)N(Cc2ccc(Cl)cc2)[C@@H](Cc2ccccc2)C(=O)NCC(C)C)c2ccc(Br)cc2)cc1. The minimum Gasteiger partial charge on any atom is -0.354 e. The van der Waals surface area contributed by atoms with Crippen LogP contribution in [-0.4, -0.2) is 44.3 Å². The molecule has 4 rings (SSSR count). The number of benzene rings is 4. The molecule has 7 nitrogen and oxygen atoms in total. The van der Waals surface area contributed by atoms with Gasteiger partial charge in [-0.05, 0) is 72.5 Å². The molecular formula is C35H37BrClN3O4S. The van der Waals surface area contributed by atoms with Gasteiger partial charge in [-0.3, -0.25) is 13.9 Å². The predicted molar refractivity (Wildman–Crippen MR) is 184 cm³/mol. The van der Waals surface area contributed by atoms with Gasteiger partial charge in [0.25, 0.3) is 10.0 Å². The van der Waals surface area contributed by atoms with Gasteiger partial charge in [-0.1, -0.05) is 102 Å². The lowest BCUT2D eigenvalue weighted by molar-refractivity contribution is -0.140. The molecule has 0 spiro atoms. The topological polar surface area (TPSA) is 86.8 Å². The minimum absolute atomic E-state index is 0.0589. The van der Waals surface area contributed by atoms with Crippen LogP contribution in [-0.2, 0) is 32.6 Å². The summed E-state index contributed by atoms with van der Waals surface area (Å²) in [5, 5.41) is 3.53. The summed E-state index contributed by atoms with van der Waals surface area (Å²) in [6, 6.07) is 28.8. The van der Waals surface area contributed by atoms with Crippen LogP contribution in [0.25, 0.3) is 0 Å². The van der Waals surface area contributed by atoms with Crippen molar-refractivity contribution in [2.75, 3.05) is 17.4 Å². The van der Waals surface area contributed by atoms with E-state index in [1.807, 2.05) is 51.1 Å². The second kappa shape index (κ2) is 15.6. The highest BCUT2D eigenvalue weighted by molar-refractivity contribution is 9.10. The summed E-state index contributed by atoms with van der Waals surface area (Å²) in [5.41, 5.74) is 2.85. The maximum absolute atomic E-state index is 14.5. The fourth-order valence-corrected chi connectivity index (χ4v) is 6.54. The van der Waals surface area contributed by atoms with E-state index >= 15 is 0 Å². The third-order valence-electron chi connectivity index (χ3n) is 7.22. The molecule has 4 aromatic carbocycles. The Morgan fingerprint density at radius 2 is 1.47 bits per heavy atom. The van der Waals surface area contributed by atoms with E-state index < -0.39 is 28.5 Å². The Morgan fingerprint density at radius 3 is 2.07 bits per heavy atom. The Bertz CT molecular complexity index is 1680. The van der Waals surface area contributed by atoms with Crippen molar-refractivity contribution < 1.29 is 18.0 Å². The molecule has 0 saturated heterocycles. The fraction of sp³-hybridized carbons (Fsp3) is 0.257. The first kappa shape index (κ1) is 34.2. The molecule has 0 heterocycles. The van der Waals surface area contributed by atoms with Gasteiger partial charge in [-0.25, -0.2) is 8.42 Å². The highest BCUT2D eigenvalue weighted by Crippen LogP contribution is 2.27. The second-order valence-electron chi connectivity index (χ2n) is 11.3. The third kappa shape index (κ3) is 9.42. The van der Waals surface area contributed by atoms with E-state index in [2.05, 4.69) is 21.2 Å². The lowest BCUT2D eigenvalue weighted by Gasteiger charge is -2.34. The van der Waals surface area contributed by atoms with Crippen LogP contribution in [0.5, 0.6) is 0 Å². The summed E-state index contributed by atoms with van der Waals surface area (Å²) >= 11 is 9.55. The Kier molecular flexibility index (Phi) is 11.8. The molecule has 10 heteroatoms. The van der Waals surface area contributed by atoms with Crippen LogP contribution >= 0.6 is 27.5 Å². The van der Waals surface area contributed by atoms with Gasteiger partial charge in [0.15, 0.2) is 0 Å². The van der Waals surface area contributed by atoms with Crippen molar-refractivity contribution in [2.24, 2.45) is 5.92 Å². The normalized spacial score (nSPS) is 12.0. The molecule has 0 bridgehead atoms. The van der Waals surface area contributed by atoms with Gasteiger partial charge in [0.1, 0.15) is 12.6 Å². The van der Waals surface area contributed by atoms with Crippen LogP contribution in [0.2, 0.25) is 5.02 Å². The summed E-state index contributed by atoms with van der Waals surface area (Å²) in [6.45, 7) is 5.85. The van der Waals surface area contributed by atoms with Crippen LogP contribution in [0.3, 0.4) is 0 Å². The maximum atomic E-state index is 14.5. The molecule has 0 aromatic heterocycles. The molecule has 1 atom stereocenters. The molecule has 0 unspecified atom stereocenters. The van der Waals surface area contributed by atoms with Crippen LogP contribution in [0, 0.1) is 12.8 Å². The van der Waals surface area contributed by atoms with E-state index in [4.69, 9.17) is 11.6 Å². The number of nitrogens with zero attached hydrogens (tertiary/aromatic N) is 2. The molecule has 0 aliphatic carbocycles. The number of hydrogen-bond donors (Lipinski definition) is 1. The largest absolute Gasteiger partial charge is 0.354 e. The average molecular weight is 711 g/mol. The van der Waals surface area contributed by atoms with Gasteiger partial charge in [0.05, 0.1) is 10.6 Å². The molecule has 0 aliphatic heterocycles. The number of sulfonamides is 1. The van der Waals surface area contributed by atoms with Gasteiger partial charge in [0.2, 0.25) is 11.8 Å². The minimum atomic E-state index is -4.16. The summed E-state index contributed by atoms with van der Waals surface area (Å²) in [6.07, 6.45) is 0.243. The first-order valence-corrected chi connectivity index (χ1v) is 17.3. The van der Waals surface area contributed by atoms with E-state index in [1.54, 1.807) is 60.7 Å². The third-order valence-corrected chi connectivity index (χ3v) is 9.79. The van der Waals surface area contributed by atoms with Crippen LogP contribution in [0.4, 0.5) is 5.69 Å². The molecule has 0 aliphatic rings. The number of amides is 2. The zero-order valence-electron chi connectivity index (χ0n) is 25.5. The second-order valence-corrected chi connectivity index (χ2v) is 14.5. The molecule has 0 saturated carbocycles. The highest BCUT2D eigenvalue weighted by atomic mass is 79.9. The number of nitrogens with one attached hydrogen (secondary N) is 1. The van der Waals surface area contributed by atoms with E-state index in [-0.39, 0.29) is 29.7 Å². The van der Waals surface area contributed by atoms with Crippen LogP contribution in [0.1, 0.15) is 30.5 Å². The lowest BCUT2D eigenvalue weighted by atomic mass is 10.0. The van der Waals surface area contributed by atoms with Crippen molar-refractivity contribution in [3.8, 4) is 0 Å². The molecule has 0 fully saturated rings. The van der Waals surface area contributed by atoms with Crippen LogP contribution in [0.15, 0.2) is 112 Å². The van der Waals surface area contributed by atoms with Crippen molar-refractivity contribution in [3.05, 3.63) is 129 Å². The number of hydrogen-bond acceptors (Lipinski definition) is 4. The molecular weight excluding hydrogens is 674 g/mol. The maximum Gasteiger partial charge on any atom is 0.264 e. The molecule has 45 heavy (non-hydrogen) atoms. The van der Waals surface area contributed by atoms with Crippen molar-refractivity contribution in [1.29, 1.82) is 0 Å². The smallest absolute Gasteiger partial charge is 0.264 e. The zero-order chi connectivity index (χ0) is 32.6. The Morgan fingerprint density at radius 1 is 0.844 bits per heavy atom. The van der Waals surface area contributed by atoms with Gasteiger partial charge < -0.3 is 10.2 Å². The van der Waals surface area contributed by atoms with Crippen LogP contribution < -0.4 is 9.62 Å². The van der Waals surface area contributed by atoms with Gasteiger partial charge >= 0.3 is 0 Å². The first-order valence-electron chi connectivity index (χ1n) is 14.6. The highest BCUT2D eigenvalue weighted by Gasteiger charge is 2.34. The fourth-order valence-electron chi connectivity index (χ4n) is 4.74. The molecule has 236 valence electrons. The van der Waals surface area contributed by atoms with Gasteiger partial charge in [0, 0.05) is 29.0 Å². The Hall–Kier alpha value is -3.66. The first-order chi connectivity index (χ1) is 21.4. The number of aryl methyl sites for hydroxylation is 1. The Balaban J connectivity index is 1.79. The number of carbonyl (C=O) groups excluding carboxylic acids is 2. The average Bonchev–Trinajstić information content (AvgIpc) is 3.02. The quantitative estimate of drug-likeness (QED) is 0.162.